The number of carbonyl (C=O) groups is 1. The van der Waals surface area contributed by atoms with E-state index in [-0.39, 0.29) is 11.8 Å². The molecule has 0 saturated carbocycles. The molecule has 0 radical (unpaired) electrons. The van der Waals surface area contributed by atoms with Gasteiger partial charge in [0, 0.05) is 43.9 Å². The van der Waals surface area contributed by atoms with Crippen LogP contribution in [0.1, 0.15) is 52.0 Å². The molecule has 0 atom stereocenters. The van der Waals surface area contributed by atoms with Crippen molar-refractivity contribution in [3.05, 3.63) is 23.9 Å². The molecule has 0 spiro atoms. The second-order valence-corrected chi connectivity index (χ2v) is 7.41. The van der Waals surface area contributed by atoms with Crippen LogP contribution in [0.15, 0.2) is 23.3 Å². The lowest BCUT2D eigenvalue weighted by Gasteiger charge is -2.32. The molecular formula is C21H36N6O. The third kappa shape index (κ3) is 6.39. The molecule has 28 heavy (non-hydrogen) atoms. The number of amides is 1. The molecule has 0 bridgehead atoms. The number of aliphatic imine (C=N–C) groups is 1. The molecule has 1 aromatic heterocycles. The van der Waals surface area contributed by atoms with E-state index < -0.39 is 0 Å². The molecule has 7 nitrogen and oxygen atoms in total. The third-order valence-corrected chi connectivity index (χ3v) is 5.53. The first kappa shape index (κ1) is 22.0. The van der Waals surface area contributed by atoms with Crippen LogP contribution in [0.25, 0.3) is 0 Å². The standard InChI is InChI=1S/C21H36N6O/c1-4-16(5-2)14-25-21(23-6-3)26-15-18-8-7-11-24-20(18)27-12-9-17(10-13-27)19(22)28/h7-8,11,16-17H,4-6,9-10,12-15H2,1-3H3,(H2,22,28)(H2,23,25,26). The maximum Gasteiger partial charge on any atom is 0.220 e. The van der Waals surface area contributed by atoms with Crippen LogP contribution in [0.2, 0.25) is 0 Å². The van der Waals surface area contributed by atoms with Gasteiger partial charge in [-0.1, -0.05) is 32.8 Å². The van der Waals surface area contributed by atoms with Crippen molar-refractivity contribution in [2.24, 2.45) is 22.6 Å². The van der Waals surface area contributed by atoms with Crippen LogP contribution in [0.4, 0.5) is 5.82 Å². The highest BCUT2D eigenvalue weighted by molar-refractivity contribution is 5.79. The molecule has 0 unspecified atom stereocenters. The Bertz CT molecular complexity index is 636. The van der Waals surface area contributed by atoms with Gasteiger partial charge in [0.25, 0.3) is 0 Å². The number of piperidine rings is 1. The Morgan fingerprint density at radius 1 is 1.29 bits per heavy atom. The highest BCUT2D eigenvalue weighted by Crippen LogP contribution is 2.24. The average molecular weight is 389 g/mol. The van der Waals surface area contributed by atoms with Gasteiger partial charge in [0.15, 0.2) is 5.96 Å². The second kappa shape index (κ2) is 11.5. The van der Waals surface area contributed by atoms with E-state index in [0.29, 0.717) is 12.5 Å². The fourth-order valence-corrected chi connectivity index (χ4v) is 3.54. The van der Waals surface area contributed by atoms with Crippen LogP contribution >= 0.6 is 0 Å². The van der Waals surface area contributed by atoms with Crippen LogP contribution in [0, 0.1) is 11.8 Å². The van der Waals surface area contributed by atoms with Crippen LogP contribution in [0.5, 0.6) is 0 Å². The highest BCUT2D eigenvalue weighted by Gasteiger charge is 2.24. The zero-order valence-electron chi connectivity index (χ0n) is 17.6. The summed E-state index contributed by atoms with van der Waals surface area (Å²) in [6.07, 6.45) is 5.72. The number of rotatable bonds is 9. The van der Waals surface area contributed by atoms with E-state index in [9.17, 15) is 4.79 Å². The van der Waals surface area contributed by atoms with Gasteiger partial charge in [-0.25, -0.2) is 9.98 Å². The lowest BCUT2D eigenvalue weighted by molar-refractivity contribution is -0.122. The highest BCUT2D eigenvalue weighted by atomic mass is 16.1. The molecule has 156 valence electrons. The summed E-state index contributed by atoms with van der Waals surface area (Å²) in [5, 5.41) is 6.79. The molecule has 1 aromatic rings. The molecular weight excluding hydrogens is 352 g/mol. The van der Waals surface area contributed by atoms with Gasteiger partial charge in [-0.05, 0) is 31.7 Å². The first-order valence-corrected chi connectivity index (χ1v) is 10.6. The smallest absolute Gasteiger partial charge is 0.220 e. The summed E-state index contributed by atoms with van der Waals surface area (Å²) in [6.45, 7) is 10.5. The Balaban J connectivity index is 2.04. The first-order chi connectivity index (χ1) is 13.6. The third-order valence-electron chi connectivity index (χ3n) is 5.53. The summed E-state index contributed by atoms with van der Waals surface area (Å²) in [5.74, 6) is 2.26. The fourth-order valence-electron chi connectivity index (χ4n) is 3.54. The minimum Gasteiger partial charge on any atom is -0.369 e. The summed E-state index contributed by atoms with van der Waals surface area (Å²) < 4.78 is 0. The zero-order valence-corrected chi connectivity index (χ0v) is 17.6. The summed E-state index contributed by atoms with van der Waals surface area (Å²) >= 11 is 0. The van der Waals surface area contributed by atoms with Crippen LogP contribution in [-0.2, 0) is 11.3 Å². The van der Waals surface area contributed by atoms with Crippen molar-refractivity contribution in [2.45, 2.75) is 53.0 Å². The van der Waals surface area contributed by atoms with Gasteiger partial charge >= 0.3 is 0 Å². The quantitative estimate of drug-likeness (QED) is 0.445. The largest absolute Gasteiger partial charge is 0.369 e. The SMILES string of the molecule is CCNC(=NCc1cccnc1N1CCC(C(N)=O)CC1)NCC(CC)CC. The van der Waals surface area contributed by atoms with Crippen LogP contribution < -0.4 is 21.3 Å². The van der Waals surface area contributed by atoms with Crippen LogP contribution in [0.3, 0.4) is 0 Å². The van der Waals surface area contributed by atoms with Crippen molar-refractivity contribution < 1.29 is 4.79 Å². The van der Waals surface area contributed by atoms with Gasteiger partial charge in [0.2, 0.25) is 5.91 Å². The van der Waals surface area contributed by atoms with Crippen molar-refractivity contribution >= 4 is 17.7 Å². The van der Waals surface area contributed by atoms with Gasteiger partial charge in [0.05, 0.1) is 6.54 Å². The van der Waals surface area contributed by atoms with E-state index in [2.05, 4.69) is 47.4 Å². The number of anilines is 1. The lowest BCUT2D eigenvalue weighted by atomic mass is 9.96. The average Bonchev–Trinajstić information content (AvgIpc) is 2.73. The van der Waals surface area contributed by atoms with Gasteiger partial charge < -0.3 is 21.3 Å². The van der Waals surface area contributed by atoms with Gasteiger partial charge in [-0.15, -0.1) is 0 Å². The van der Waals surface area contributed by atoms with E-state index in [4.69, 9.17) is 10.7 Å². The normalized spacial score (nSPS) is 15.7. The number of pyridine rings is 1. The van der Waals surface area contributed by atoms with Crippen molar-refractivity contribution in [1.29, 1.82) is 0 Å². The van der Waals surface area contributed by atoms with Crippen molar-refractivity contribution in [1.82, 2.24) is 15.6 Å². The monoisotopic (exact) mass is 388 g/mol. The van der Waals surface area contributed by atoms with Crippen LogP contribution in [-0.4, -0.2) is 43.0 Å². The maximum absolute atomic E-state index is 11.4. The predicted octanol–water partition coefficient (Wildman–Crippen LogP) is 2.27. The van der Waals surface area contributed by atoms with Gasteiger partial charge in [-0.3, -0.25) is 4.79 Å². The van der Waals surface area contributed by atoms with E-state index in [1.54, 1.807) is 0 Å². The molecule has 1 saturated heterocycles. The lowest BCUT2D eigenvalue weighted by Crippen LogP contribution is -2.40. The molecule has 0 aromatic carbocycles. The molecule has 7 heteroatoms. The Morgan fingerprint density at radius 2 is 2.00 bits per heavy atom. The minimum absolute atomic E-state index is 0.0175. The van der Waals surface area contributed by atoms with Crippen molar-refractivity contribution in [3.8, 4) is 0 Å². The maximum atomic E-state index is 11.4. The fraction of sp³-hybridized carbons (Fsp3) is 0.667. The molecule has 2 rings (SSSR count). The van der Waals surface area contributed by atoms with E-state index >= 15 is 0 Å². The number of nitrogens with zero attached hydrogens (tertiary/aromatic N) is 3. The topological polar surface area (TPSA) is 95.6 Å². The van der Waals surface area contributed by atoms with E-state index in [1.807, 2.05) is 12.3 Å². The minimum atomic E-state index is -0.190. The first-order valence-electron chi connectivity index (χ1n) is 10.6. The number of hydrogen-bond acceptors (Lipinski definition) is 4. The van der Waals surface area contributed by atoms with Gasteiger partial charge in [0.1, 0.15) is 5.82 Å². The molecule has 1 aliphatic heterocycles. The van der Waals surface area contributed by atoms with E-state index in [0.717, 1.165) is 69.2 Å². The molecule has 2 heterocycles. The Labute approximate surface area is 169 Å². The molecule has 4 N–H and O–H groups in total. The summed E-state index contributed by atoms with van der Waals surface area (Å²) in [6, 6.07) is 4.03. The van der Waals surface area contributed by atoms with E-state index in [1.165, 1.54) is 0 Å². The number of carbonyl (C=O) groups excluding carboxylic acids is 1. The predicted molar refractivity (Wildman–Crippen MR) is 115 cm³/mol. The zero-order chi connectivity index (χ0) is 20.4. The number of hydrogen-bond donors (Lipinski definition) is 3. The number of guanidine groups is 1. The number of aromatic nitrogens is 1. The van der Waals surface area contributed by atoms with Crippen molar-refractivity contribution in [3.63, 3.8) is 0 Å². The summed E-state index contributed by atoms with van der Waals surface area (Å²) in [4.78, 5) is 23.0. The number of nitrogens with one attached hydrogen (secondary N) is 2. The number of nitrogens with two attached hydrogens (primary N) is 1. The van der Waals surface area contributed by atoms with Crippen molar-refractivity contribution in [2.75, 3.05) is 31.1 Å². The number of primary amides is 1. The summed E-state index contributed by atoms with van der Waals surface area (Å²) in [5.41, 5.74) is 6.55. The molecule has 1 amide bonds. The molecule has 1 aliphatic rings. The second-order valence-electron chi connectivity index (χ2n) is 7.41. The Kier molecular flexibility index (Phi) is 9.04. The molecule has 0 aliphatic carbocycles. The summed E-state index contributed by atoms with van der Waals surface area (Å²) in [7, 11) is 0. The van der Waals surface area contributed by atoms with Gasteiger partial charge in [-0.2, -0.15) is 0 Å². The Morgan fingerprint density at radius 3 is 2.61 bits per heavy atom. The Hall–Kier alpha value is -2.31. The molecule has 1 fully saturated rings.